The molecule has 0 aromatic heterocycles. The average molecular weight is 646 g/mol. The number of unbranched alkanes of at least 4 members (excludes halogenated alkanes) is 20. The summed E-state index contributed by atoms with van der Waals surface area (Å²) in [5.41, 5.74) is 0. The summed E-state index contributed by atoms with van der Waals surface area (Å²) in [6.45, 7) is 3.79. The van der Waals surface area contributed by atoms with Crippen LogP contribution >= 0.6 is 0 Å². The van der Waals surface area contributed by atoms with Crippen LogP contribution in [0, 0.1) is 0 Å². The lowest BCUT2D eigenvalue weighted by Crippen LogP contribution is -2.60. The Morgan fingerprint density at radius 3 is 1.58 bits per heavy atom. The van der Waals surface area contributed by atoms with Crippen molar-refractivity contribution in [3.05, 3.63) is 0 Å². The van der Waals surface area contributed by atoms with E-state index in [2.05, 4.69) is 19.2 Å². The van der Waals surface area contributed by atoms with Crippen molar-refractivity contribution in [2.24, 2.45) is 0 Å². The van der Waals surface area contributed by atoms with E-state index in [-0.39, 0.29) is 12.5 Å². The number of ether oxygens (including phenoxy) is 2. The van der Waals surface area contributed by atoms with E-state index in [0.29, 0.717) is 12.8 Å². The second kappa shape index (κ2) is 28.2. The fourth-order valence-corrected chi connectivity index (χ4v) is 6.10. The topological polar surface area (TPSA) is 149 Å². The zero-order chi connectivity index (χ0) is 33.1. The van der Waals surface area contributed by atoms with E-state index in [1.54, 1.807) is 0 Å². The Labute approximate surface area is 274 Å². The maximum atomic E-state index is 12.8. The van der Waals surface area contributed by atoms with E-state index in [1.165, 1.54) is 103 Å². The van der Waals surface area contributed by atoms with Crippen molar-refractivity contribution in [2.45, 2.75) is 211 Å². The van der Waals surface area contributed by atoms with Gasteiger partial charge in [-0.2, -0.15) is 0 Å². The zero-order valence-corrected chi connectivity index (χ0v) is 28.9. The van der Waals surface area contributed by atoms with Crippen molar-refractivity contribution in [1.82, 2.24) is 5.32 Å². The van der Waals surface area contributed by atoms with Crippen molar-refractivity contribution >= 4 is 5.91 Å². The molecular formula is C36H71NO8. The molecule has 9 heteroatoms. The molecule has 6 N–H and O–H groups in total. The summed E-state index contributed by atoms with van der Waals surface area (Å²) in [4.78, 5) is 12.8. The third-order valence-electron chi connectivity index (χ3n) is 9.21. The van der Waals surface area contributed by atoms with Gasteiger partial charge in [0.1, 0.15) is 24.4 Å². The van der Waals surface area contributed by atoms with Gasteiger partial charge < -0.3 is 40.3 Å². The van der Waals surface area contributed by atoms with E-state index in [1.807, 2.05) is 0 Å². The zero-order valence-electron chi connectivity index (χ0n) is 28.9. The molecule has 0 aromatic carbocycles. The van der Waals surface area contributed by atoms with E-state index >= 15 is 0 Å². The second-order valence-corrected chi connectivity index (χ2v) is 13.4. The Kier molecular flexibility index (Phi) is 26.5. The molecule has 1 rings (SSSR count). The molecule has 0 aliphatic carbocycles. The first-order valence-electron chi connectivity index (χ1n) is 18.7. The minimum absolute atomic E-state index is 0.133. The number of aliphatic hydroxyl groups is 5. The first-order chi connectivity index (χ1) is 21.8. The molecule has 1 aliphatic heterocycles. The standard InChI is InChI=1S/C36H71NO8/c1-3-5-7-9-11-13-15-17-19-21-23-25-30(39)29(28-44-36-35(43)34(42)33(41)31(27-38)45-36)37-32(40)26-24-22-20-18-16-14-12-10-8-6-4-2/h29-31,33-36,38-39,41-43H,3-28H2,1-2H3,(H,37,40)/t29-,30+,31+,33-,34?,35?,36+/m0/s1. The molecule has 7 atom stereocenters. The third-order valence-corrected chi connectivity index (χ3v) is 9.21. The Bertz CT molecular complexity index is 681. The van der Waals surface area contributed by atoms with E-state index < -0.39 is 49.5 Å². The van der Waals surface area contributed by atoms with Crippen molar-refractivity contribution in [1.29, 1.82) is 0 Å². The SMILES string of the molecule is CCCCCCCCCCCCCC(=O)N[C@@H](CO[C@@H]1O[C@H](CO)[C@H](O)C(O)C1O)[C@H](O)CCCCCCCCCCCCC. The summed E-state index contributed by atoms with van der Waals surface area (Å²) in [7, 11) is 0. The number of carbonyl (C=O) groups excluding carboxylic acids is 1. The van der Waals surface area contributed by atoms with Gasteiger partial charge in [-0.15, -0.1) is 0 Å². The minimum Gasteiger partial charge on any atom is -0.394 e. The Hall–Kier alpha value is -0.810. The van der Waals surface area contributed by atoms with Crippen LogP contribution in [0.15, 0.2) is 0 Å². The number of hydrogen-bond donors (Lipinski definition) is 6. The van der Waals surface area contributed by atoms with Crippen LogP contribution in [0.3, 0.4) is 0 Å². The Morgan fingerprint density at radius 2 is 1.11 bits per heavy atom. The molecule has 0 bridgehead atoms. The van der Waals surface area contributed by atoms with Crippen LogP contribution in [-0.2, 0) is 14.3 Å². The van der Waals surface area contributed by atoms with E-state index in [9.17, 15) is 30.3 Å². The average Bonchev–Trinajstić information content (AvgIpc) is 3.04. The highest BCUT2D eigenvalue weighted by Gasteiger charge is 2.44. The van der Waals surface area contributed by atoms with Gasteiger partial charge in [-0.3, -0.25) is 4.79 Å². The summed E-state index contributed by atoms with van der Waals surface area (Å²) in [5.74, 6) is -0.147. The molecule has 0 saturated carbocycles. The lowest BCUT2D eigenvalue weighted by Gasteiger charge is -2.40. The monoisotopic (exact) mass is 646 g/mol. The number of amides is 1. The first-order valence-corrected chi connectivity index (χ1v) is 18.7. The van der Waals surface area contributed by atoms with Crippen LogP contribution in [-0.4, -0.2) is 87.5 Å². The van der Waals surface area contributed by atoms with Gasteiger partial charge in [0.15, 0.2) is 6.29 Å². The van der Waals surface area contributed by atoms with Crippen molar-refractivity contribution in [2.75, 3.05) is 13.2 Å². The Morgan fingerprint density at radius 1 is 0.667 bits per heavy atom. The molecule has 1 saturated heterocycles. The lowest BCUT2D eigenvalue weighted by molar-refractivity contribution is -0.302. The number of aliphatic hydroxyl groups excluding tert-OH is 5. The van der Waals surface area contributed by atoms with Gasteiger partial charge in [0.05, 0.1) is 25.4 Å². The highest BCUT2D eigenvalue weighted by atomic mass is 16.7. The molecule has 1 amide bonds. The minimum atomic E-state index is -1.55. The van der Waals surface area contributed by atoms with Crippen LogP contribution < -0.4 is 5.32 Å². The third kappa shape index (κ3) is 20.2. The van der Waals surface area contributed by atoms with E-state index in [4.69, 9.17) is 9.47 Å². The molecular weight excluding hydrogens is 574 g/mol. The largest absolute Gasteiger partial charge is 0.394 e. The molecule has 268 valence electrons. The first kappa shape index (κ1) is 42.2. The summed E-state index contributed by atoms with van der Waals surface area (Å²) in [6, 6.07) is -0.708. The van der Waals surface area contributed by atoms with Gasteiger partial charge in [-0.25, -0.2) is 0 Å². The van der Waals surface area contributed by atoms with Crippen molar-refractivity contribution < 1.29 is 39.8 Å². The fraction of sp³-hybridized carbons (Fsp3) is 0.972. The summed E-state index contributed by atoms with van der Waals surface area (Å²) >= 11 is 0. The molecule has 0 spiro atoms. The Balaban J connectivity index is 2.44. The smallest absolute Gasteiger partial charge is 0.220 e. The number of rotatable bonds is 30. The molecule has 0 aromatic rings. The van der Waals surface area contributed by atoms with Crippen LogP contribution in [0.4, 0.5) is 0 Å². The number of hydrogen-bond acceptors (Lipinski definition) is 8. The highest BCUT2D eigenvalue weighted by Crippen LogP contribution is 2.23. The second-order valence-electron chi connectivity index (χ2n) is 13.4. The normalized spacial score (nSPS) is 23.2. The summed E-state index contributed by atoms with van der Waals surface area (Å²) < 4.78 is 11.2. The molecule has 9 nitrogen and oxygen atoms in total. The molecule has 45 heavy (non-hydrogen) atoms. The molecule has 0 radical (unpaired) electrons. The van der Waals surface area contributed by atoms with Gasteiger partial charge in [-0.1, -0.05) is 149 Å². The molecule has 1 fully saturated rings. The molecule has 1 heterocycles. The van der Waals surface area contributed by atoms with Crippen LogP contribution in [0.5, 0.6) is 0 Å². The predicted octanol–water partition coefficient (Wildman–Crippen LogP) is 6.05. The maximum Gasteiger partial charge on any atom is 0.220 e. The van der Waals surface area contributed by atoms with Gasteiger partial charge in [0.2, 0.25) is 5.91 Å². The quantitative estimate of drug-likeness (QED) is 0.0517. The summed E-state index contributed by atoms with van der Waals surface area (Å²) in [5, 5.41) is 53.9. The van der Waals surface area contributed by atoms with Crippen LogP contribution in [0.1, 0.15) is 168 Å². The maximum absolute atomic E-state index is 12.8. The van der Waals surface area contributed by atoms with Gasteiger partial charge in [0, 0.05) is 6.42 Å². The fourth-order valence-electron chi connectivity index (χ4n) is 6.10. The predicted molar refractivity (Wildman–Crippen MR) is 180 cm³/mol. The number of nitrogens with one attached hydrogen (secondary N) is 1. The van der Waals surface area contributed by atoms with Gasteiger partial charge in [0.25, 0.3) is 0 Å². The van der Waals surface area contributed by atoms with Crippen LogP contribution in [0.25, 0.3) is 0 Å². The van der Waals surface area contributed by atoms with Crippen LogP contribution in [0.2, 0.25) is 0 Å². The lowest BCUT2D eigenvalue weighted by atomic mass is 9.99. The molecule has 1 aliphatic rings. The van der Waals surface area contributed by atoms with Crippen molar-refractivity contribution in [3.63, 3.8) is 0 Å². The van der Waals surface area contributed by atoms with Gasteiger partial charge in [-0.05, 0) is 12.8 Å². The summed E-state index contributed by atoms with van der Waals surface area (Å²) in [6.07, 6.45) is 19.6. The van der Waals surface area contributed by atoms with Crippen molar-refractivity contribution in [3.8, 4) is 0 Å². The number of carbonyl (C=O) groups is 1. The van der Waals surface area contributed by atoms with Gasteiger partial charge >= 0.3 is 0 Å². The molecule has 2 unspecified atom stereocenters. The van der Waals surface area contributed by atoms with E-state index in [0.717, 1.165) is 38.5 Å². The highest BCUT2D eigenvalue weighted by molar-refractivity contribution is 5.76.